The number of hydrogen-bond donors (Lipinski definition) is 0. The Hall–Kier alpha value is -2.08. The second-order valence-electron chi connectivity index (χ2n) is 4.84. The van der Waals surface area contributed by atoms with Crippen LogP contribution in [0.3, 0.4) is 0 Å². The number of nitrogens with zero attached hydrogens (tertiary/aromatic N) is 4. The molecule has 0 radical (unpaired) electrons. The predicted molar refractivity (Wildman–Crippen MR) is 87.3 cm³/mol. The van der Waals surface area contributed by atoms with Crippen LogP contribution in [0.1, 0.15) is 32.0 Å². The van der Waals surface area contributed by atoms with E-state index in [0.717, 1.165) is 23.4 Å². The number of aromatic nitrogens is 4. The minimum Gasteiger partial charge on any atom is -0.285 e. The van der Waals surface area contributed by atoms with Crippen LogP contribution in [0.4, 0.5) is 8.78 Å². The standard InChI is InChI=1S/C14H11ClF2N4.C2H6/c1-8-7-21(10-5-12(15)19-6-9(8)10)13-18-4-3-11(20-13)14(2,16)17;1-2/h3-7H,1-2H3;1-2H3. The van der Waals surface area contributed by atoms with Gasteiger partial charge in [0.25, 0.3) is 5.92 Å². The summed E-state index contributed by atoms with van der Waals surface area (Å²) in [5, 5.41) is 1.19. The van der Waals surface area contributed by atoms with Gasteiger partial charge in [0.2, 0.25) is 5.95 Å². The smallest absolute Gasteiger partial charge is 0.285 e. The molecule has 3 aromatic heterocycles. The molecule has 0 aliphatic carbocycles. The van der Waals surface area contributed by atoms with Crippen molar-refractivity contribution in [2.45, 2.75) is 33.6 Å². The molecule has 0 N–H and O–H groups in total. The number of rotatable bonds is 2. The normalized spacial score (nSPS) is 11.3. The van der Waals surface area contributed by atoms with Gasteiger partial charge in [0.1, 0.15) is 10.8 Å². The highest BCUT2D eigenvalue weighted by Crippen LogP contribution is 2.27. The van der Waals surface area contributed by atoms with Crippen LogP contribution in [0.15, 0.2) is 30.7 Å². The van der Waals surface area contributed by atoms with Gasteiger partial charge in [0.15, 0.2) is 0 Å². The topological polar surface area (TPSA) is 43.6 Å². The first-order valence-electron chi connectivity index (χ1n) is 7.21. The maximum atomic E-state index is 13.4. The van der Waals surface area contributed by atoms with Crippen molar-refractivity contribution in [1.29, 1.82) is 0 Å². The van der Waals surface area contributed by atoms with E-state index in [-0.39, 0.29) is 11.6 Å². The van der Waals surface area contributed by atoms with Gasteiger partial charge in [-0.05, 0) is 18.6 Å². The fraction of sp³-hybridized carbons (Fsp3) is 0.312. The third-order valence-electron chi connectivity index (χ3n) is 3.16. The Morgan fingerprint density at radius 3 is 2.57 bits per heavy atom. The third-order valence-corrected chi connectivity index (χ3v) is 3.37. The van der Waals surface area contributed by atoms with Crippen molar-refractivity contribution in [2.24, 2.45) is 0 Å². The molecule has 0 aliphatic rings. The van der Waals surface area contributed by atoms with E-state index in [9.17, 15) is 8.78 Å². The Morgan fingerprint density at radius 2 is 1.91 bits per heavy atom. The average molecular weight is 339 g/mol. The lowest BCUT2D eigenvalue weighted by Gasteiger charge is -2.11. The number of hydrogen-bond acceptors (Lipinski definition) is 3. The molecule has 0 aliphatic heterocycles. The molecule has 3 heterocycles. The van der Waals surface area contributed by atoms with Crippen LogP contribution in [0.25, 0.3) is 16.9 Å². The lowest BCUT2D eigenvalue weighted by Crippen LogP contribution is -2.12. The van der Waals surface area contributed by atoms with Crippen molar-refractivity contribution >= 4 is 22.5 Å². The van der Waals surface area contributed by atoms with E-state index in [1.54, 1.807) is 23.0 Å². The fourth-order valence-electron chi connectivity index (χ4n) is 2.13. The Bertz CT molecular complexity index is 825. The Kier molecular flexibility index (Phi) is 4.94. The van der Waals surface area contributed by atoms with E-state index in [1.807, 2.05) is 20.8 Å². The molecular formula is C16H17ClF2N4. The summed E-state index contributed by atoms with van der Waals surface area (Å²) in [4.78, 5) is 12.0. The van der Waals surface area contributed by atoms with E-state index in [2.05, 4.69) is 15.0 Å². The number of fused-ring (bicyclic) bond motifs is 1. The lowest BCUT2D eigenvalue weighted by molar-refractivity contribution is 0.0126. The van der Waals surface area contributed by atoms with Crippen LogP contribution in [-0.4, -0.2) is 19.5 Å². The van der Waals surface area contributed by atoms with Gasteiger partial charge in [-0.15, -0.1) is 0 Å². The molecule has 0 amide bonds. The molecule has 4 nitrogen and oxygen atoms in total. The highest BCUT2D eigenvalue weighted by molar-refractivity contribution is 6.30. The van der Waals surface area contributed by atoms with Gasteiger partial charge in [-0.25, -0.2) is 15.0 Å². The first kappa shape index (κ1) is 17.3. The zero-order chi connectivity index (χ0) is 17.2. The highest BCUT2D eigenvalue weighted by atomic mass is 35.5. The first-order chi connectivity index (χ1) is 10.9. The molecule has 3 aromatic rings. The molecule has 7 heteroatoms. The summed E-state index contributed by atoms with van der Waals surface area (Å²) in [6.07, 6.45) is 4.73. The van der Waals surface area contributed by atoms with E-state index in [4.69, 9.17) is 11.6 Å². The average Bonchev–Trinajstić information content (AvgIpc) is 2.85. The Morgan fingerprint density at radius 1 is 1.22 bits per heavy atom. The molecule has 3 rings (SSSR count). The zero-order valence-electron chi connectivity index (χ0n) is 13.3. The summed E-state index contributed by atoms with van der Waals surface area (Å²) in [7, 11) is 0. The van der Waals surface area contributed by atoms with Crippen LogP contribution in [0.5, 0.6) is 0 Å². The minimum atomic E-state index is -3.02. The third kappa shape index (κ3) is 3.47. The summed E-state index contributed by atoms with van der Waals surface area (Å²) >= 11 is 5.91. The molecule has 0 bridgehead atoms. The van der Waals surface area contributed by atoms with Crippen molar-refractivity contribution < 1.29 is 8.78 Å². The molecule has 0 atom stereocenters. The van der Waals surface area contributed by atoms with E-state index in [0.29, 0.717) is 5.15 Å². The van der Waals surface area contributed by atoms with Crippen LogP contribution < -0.4 is 0 Å². The maximum Gasteiger partial charge on any atom is 0.287 e. The number of pyridine rings is 1. The van der Waals surface area contributed by atoms with Gasteiger partial charge in [-0.1, -0.05) is 25.4 Å². The number of aryl methyl sites for hydroxylation is 1. The molecule has 0 aromatic carbocycles. The predicted octanol–water partition coefficient (Wildman–Crippen LogP) is 4.92. The molecule has 23 heavy (non-hydrogen) atoms. The van der Waals surface area contributed by atoms with Crippen molar-refractivity contribution in [3.63, 3.8) is 0 Å². The SMILES string of the molecule is CC.Cc1cn(-c2nccc(C(C)(F)F)n2)c2cc(Cl)ncc12. The van der Waals surface area contributed by atoms with Crippen LogP contribution in [0, 0.1) is 6.92 Å². The zero-order valence-corrected chi connectivity index (χ0v) is 14.1. The van der Waals surface area contributed by atoms with Gasteiger partial charge < -0.3 is 0 Å². The largest absolute Gasteiger partial charge is 0.287 e. The van der Waals surface area contributed by atoms with Crippen molar-refractivity contribution in [3.05, 3.63) is 47.1 Å². The van der Waals surface area contributed by atoms with E-state index >= 15 is 0 Å². The van der Waals surface area contributed by atoms with Gasteiger partial charge in [-0.3, -0.25) is 4.57 Å². The molecular weight excluding hydrogens is 322 g/mol. The summed E-state index contributed by atoms with van der Waals surface area (Å²) < 4.78 is 28.4. The fourth-order valence-corrected chi connectivity index (χ4v) is 2.28. The van der Waals surface area contributed by atoms with Crippen LogP contribution >= 0.6 is 11.6 Å². The monoisotopic (exact) mass is 338 g/mol. The molecule has 122 valence electrons. The lowest BCUT2D eigenvalue weighted by atomic mass is 10.2. The van der Waals surface area contributed by atoms with Gasteiger partial charge >= 0.3 is 0 Å². The highest BCUT2D eigenvalue weighted by Gasteiger charge is 2.27. The van der Waals surface area contributed by atoms with E-state index < -0.39 is 5.92 Å². The van der Waals surface area contributed by atoms with E-state index in [1.165, 1.54) is 12.3 Å². The molecule has 0 saturated carbocycles. The van der Waals surface area contributed by atoms with Gasteiger partial charge in [0.05, 0.1) is 5.52 Å². The minimum absolute atomic E-state index is 0.175. The molecule has 0 unspecified atom stereocenters. The number of alkyl halides is 2. The number of halogens is 3. The maximum absolute atomic E-state index is 13.4. The van der Waals surface area contributed by atoms with Crippen LogP contribution in [-0.2, 0) is 5.92 Å². The second-order valence-corrected chi connectivity index (χ2v) is 5.22. The van der Waals surface area contributed by atoms with Crippen molar-refractivity contribution in [1.82, 2.24) is 19.5 Å². The summed E-state index contributed by atoms with van der Waals surface area (Å²) in [5.74, 6) is -2.84. The second kappa shape index (κ2) is 6.58. The molecule has 0 spiro atoms. The quantitative estimate of drug-likeness (QED) is 0.623. The summed E-state index contributed by atoms with van der Waals surface area (Å²) in [6.45, 7) is 6.70. The summed E-state index contributed by atoms with van der Waals surface area (Å²) in [6, 6.07) is 2.86. The van der Waals surface area contributed by atoms with Crippen molar-refractivity contribution in [2.75, 3.05) is 0 Å². The van der Waals surface area contributed by atoms with Crippen LogP contribution in [0.2, 0.25) is 5.15 Å². The Labute approximate surface area is 138 Å². The van der Waals surface area contributed by atoms with Gasteiger partial charge in [0, 0.05) is 37.0 Å². The van der Waals surface area contributed by atoms with Crippen molar-refractivity contribution in [3.8, 4) is 5.95 Å². The summed E-state index contributed by atoms with van der Waals surface area (Å²) in [5.41, 5.74) is 1.34. The Balaban J connectivity index is 0.000000924. The first-order valence-corrected chi connectivity index (χ1v) is 7.59. The molecule has 0 saturated heterocycles. The molecule has 0 fully saturated rings. The van der Waals surface area contributed by atoms with Gasteiger partial charge in [-0.2, -0.15) is 8.78 Å².